The molecule has 2 aromatic heterocycles. The minimum atomic E-state index is 0.276. The van der Waals surface area contributed by atoms with E-state index < -0.39 is 0 Å². The van der Waals surface area contributed by atoms with Crippen LogP contribution in [0.3, 0.4) is 0 Å². The number of aromatic nitrogens is 4. The third kappa shape index (κ3) is 6.41. The molecule has 0 spiro atoms. The third-order valence-corrected chi connectivity index (χ3v) is 8.30. The van der Waals surface area contributed by atoms with Gasteiger partial charge in [-0.15, -0.1) is 0 Å². The molecule has 1 fully saturated rings. The van der Waals surface area contributed by atoms with Crippen LogP contribution >= 0.6 is 0 Å². The molecule has 0 aliphatic carbocycles. The first-order valence-electron chi connectivity index (χ1n) is 15.3. The number of methoxy groups -OCH3 is 2. The van der Waals surface area contributed by atoms with Gasteiger partial charge in [-0.3, -0.25) is 9.80 Å². The second-order valence-electron chi connectivity index (χ2n) is 11.4. The number of ether oxygens (including phenoxy) is 3. The van der Waals surface area contributed by atoms with E-state index in [1.807, 2.05) is 41.3 Å². The number of aromatic amines is 1. The van der Waals surface area contributed by atoms with Gasteiger partial charge in [0.25, 0.3) is 0 Å². The molecule has 12 heteroatoms. The van der Waals surface area contributed by atoms with Crippen molar-refractivity contribution in [2.75, 3.05) is 70.5 Å². The second-order valence-corrected chi connectivity index (χ2v) is 11.4. The van der Waals surface area contributed by atoms with Crippen molar-refractivity contribution in [2.45, 2.75) is 13.8 Å². The molecule has 1 aliphatic rings. The van der Waals surface area contributed by atoms with Gasteiger partial charge in [-0.25, -0.2) is 20.8 Å². The standard InChI is InChI=1S/C34H41N9O3/c1-23-9-8-10-24(2)31(23)42(34-37-26-11-6-7-12-27(26)38-34)30-13-14-36-33(39-30)43(35)25-21-28(44-4)32(29(22-25)45-5)46-20-19-41-17-15-40(3)16-18-41/h6-14,21-22H,15-20,35H2,1-5H3,(H,37,38). The fraction of sp³-hybridized carbons (Fsp3) is 0.324. The van der Waals surface area contributed by atoms with Gasteiger partial charge in [0.05, 0.1) is 36.6 Å². The topological polar surface area (TPSA) is 121 Å². The molecule has 46 heavy (non-hydrogen) atoms. The number of nitrogens with zero attached hydrogens (tertiary/aromatic N) is 7. The van der Waals surface area contributed by atoms with Gasteiger partial charge in [-0.05, 0) is 44.2 Å². The maximum Gasteiger partial charge on any atom is 0.246 e. The van der Waals surface area contributed by atoms with Gasteiger partial charge in [0.15, 0.2) is 11.5 Å². The number of hydrogen-bond donors (Lipinski definition) is 2. The van der Waals surface area contributed by atoms with Crippen molar-refractivity contribution in [3.05, 3.63) is 78.0 Å². The lowest BCUT2D eigenvalue weighted by Gasteiger charge is -2.32. The fourth-order valence-electron chi connectivity index (χ4n) is 5.72. The number of hydrogen-bond acceptors (Lipinski definition) is 11. The van der Waals surface area contributed by atoms with E-state index in [2.05, 4.69) is 52.8 Å². The van der Waals surface area contributed by atoms with Gasteiger partial charge >= 0.3 is 0 Å². The molecule has 0 amide bonds. The SMILES string of the molecule is COc1cc(N(N)c2nccc(N(c3nc4ccccc4[nH]3)c3c(C)cccc3C)n2)cc(OC)c1OCCN1CCN(C)CC1. The number of aryl methyl sites for hydroxylation is 2. The Kier molecular flexibility index (Phi) is 9.20. The average molecular weight is 624 g/mol. The van der Waals surface area contributed by atoms with E-state index >= 15 is 0 Å². The summed E-state index contributed by atoms with van der Waals surface area (Å²) in [5.41, 5.74) is 5.46. The zero-order chi connectivity index (χ0) is 32.2. The molecule has 0 atom stereocenters. The number of H-pyrrole nitrogens is 1. The molecular weight excluding hydrogens is 582 g/mol. The molecule has 3 aromatic carbocycles. The molecule has 0 bridgehead atoms. The van der Waals surface area contributed by atoms with Crippen molar-refractivity contribution in [1.82, 2.24) is 29.7 Å². The number of hydrazine groups is 1. The molecule has 12 nitrogen and oxygen atoms in total. The maximum atomic E-state index is 6.69. The molecule has 0 saturated carbocycles. The van der Waals surface area contributed by atoms with Crippen molar-refractivity contribution in [2.24, 2.45) is 5.84 Å². The van der Waals surface area contributed by atoms with Gasteiger partial charge in [0.2, 0.25) is 17.6 Å². The molecule has 5 aromatic rings. The van der Waals surface area contributed by atoms with Gasteiger partial charge in [-0.2, -0.15) is 4.98 Å². The van der Waals surface area contributed by atoms with Crippen molar-refractivity contribution < 1.29 is 14.2 Å². The van der Waals surface area contributed by atoms with Crippen LogP contribution in [0.5, 0.6) is 17.2 Å². The number of piperazine rings is 1. The summed E-state index contributed by atoms with van der Waals surface area (Å²) < 4.78 is 17.7. The van der Waals surface area contributed by atoms with Crippen LogP contribution in [0.25, 0.3) is 11.0 Å². The predicted octanol–water partition coefficient (Wildman–Crippen LogP) is 5.09. The van der Waals surface area contributed by atoms with E-state index in [9.17, 15) is 0 Å². The summed E-state index contributed by atoms with van der Waals surface area (Å²) in [5, 5.41) is 1.41. The van der Waals surface area contributed by atoms with Crippen molar-refractivity contribution in [1.29, 1.82) is 0 Å². The predicted molar refractivity (Wildman–Crippen MR) is 181 cm³/mol. The van der Waals surface area contributed by atoms with E-state index in [1.54, 1.807) is 32.5 Å². The van der Waals surface area contributed by atoms with Gasteiger partial charge in [-0.1, -0.05) is 30.3 Å². The Morgan fingerprint density at radius 2 is 1.59 bits per heavy atom. The summed E-state index contributed by atoms with van der Waals surface area (Å²) in [5.74, 6) is 9.72. The Labute approximate surface area is 269 Å². The molecular formula is C34H41N9O3. The summed E-state index contributed by atoms with van der Waals surface area (Å²) in [7, 11) is 5.34. The number of para-hydroxylation sites is 3. The molecule has 0 radical (unpaired) electrons. The number of fused-ring (bicyclic) bond motifs is 1. The molecule has 6 rings (SSSR count). The molecule has 3 N–H and O–H groups in total. The van der Waals surface area contributed by atoms with Crippen LogP contribution in [0.1, 0.15) is 11.1 Å². The van der Waals surface area contributed by atoms with E-state index in [0.29, 0.717) is 41.3 Å². The van der Waals surface area contributed by atoms with Crippen molar-refractivity contribution in [3.8, 4) is 17.2 Å². The largest absolute Gasteiger partial charge is 0.493 e. The highest BCUT2D eigenvalue weighted by Gasteiger charge is 2.24. The van der Waals surface area contributed by atoms with Gasteiger partial charge in [0, 0.05) is 57.1 Å². The molecule has 3 heterocycles. The highest BCUT2D eigenvalue weighted by atomic mass is 16.5. The normalized spacial score (nSPS) is 14.0. The second kappa shape index (κ2) is 13.6. The molecule has 240 valence electrons. The van der Waals surface area contributed by atoms with Crippen LogP contribution in [0.15, 0.2) is 66.9 Å². The Hall–Kier alpha value is -4.91. The minimum Gasteiger partial charge on any atom is -0.493 e. The number of rotatable bonds is 11. The minimum absolute atomic E-state index is 0.276. The number of nitrogens with two attached hydrogens (primary N) is 1. The fourth-order valence-corrected chi connectivity index (χ4v) is 5.72. The van der Waals surface area contributed by atoms with Crippen LogP contribution in [0, 0.1) is 13.8 Å². The Morgan fingerprint density at radius 1 is 0.891 bits per heavy atom. The summed E-state index contributed by atoms with van der Waals surface area (Å²) in [6, 6.07) is 19.6. The lowest BCUT2D eigenvalue weighted by atomic mass is 10.1. The van der Waals surface area contributed by atoms with Crippen LogP contribution < -0.4 is 30.0 Å². The smallest absolute Gasteiger partial charge is 0.246 e. The first kappa shape index (κ1) is 31.1. The Balaban J connectivity index is 1.31. The van der Waals surface area contributed by atoms with E-state index in [1.165, 1.54) is 5.01 Å². The highest BCUT2D eigenvalue weighted by Crippen LogP contribution is 2.42. The molecule has 0 unspecified atom stereocenters. The molecule has 1 aliphatic heterocycles. The van der Waals surface area contributed by atoms with Crippen LogP contribution in [0.2, 0.25) is 0 Å². The van der Waals surface area contributed by atoms with Gasteiger partial charge in [0.1, 0.15) is 12.4 Å². The third-order valence-electron chi connectivity index (χ3n) is 8.30. The van der Waals surface area contributed by atoms with Crippen molar-refractivity contribution in [3.63, 3.8) is 0 Å². The Bertz CT molecular complexity index is 1720. The summed E-state index contributed by atoms with van der Waals surface area (Å²) >= 11 is 0. The van der Waals surface area contributed by atoms with Gasteiger partial charge < -0.3 is 24.1 Å². The summed E-state index contributed by atoms with van der Waals surface area (Å²) in [6.07, 6.45) is 1.69. The number of anilines is 5. The Morgan fingerprint density at radius 3 is 2.26 bits per heavy atom. The first-order chi connectivity index (χ1) is 22.4. The van der Waals surface area contributed by atoms with Crippen LogP contribution in [-0.2, 0) is 0 Å². The highest BCUT2D eigenvalue weighted by molar-refractivity contribution is 5.83. The monoisotopic (exact) mass is 623 g/mol. The number of benzene rings is 3. The first-order valence-corrected chi connectivity index (χ1v) is 15.3. The molecule has 1 saturated heterocycles. The number of likely N-dealkylation sites (N-methyl/N-ethyl adjacent to an activating group) is 1. The van der Waals surface area contributed by atoms with E-state index in [0.717, 1.165) is 60.6 Å². The van der Waals surface area contributed by atoms with Crippen LogP contribution in [-0.4, -0.2) is 90.3 Å². The maximum absolute atomic E-state index is 6.69. The zero-order valence-electron chi connectivity index (χ0n) is 27.0. The van der Waals surface area contributed by atoms with Crippen molar-refractivity contribution >= 4 is 40.1 Å². The van der Waals surface area contributed by atoms with E-state index in [-0.39, 0.29) is 5.95 Å². The number of imidazole rings is 1. The quantitative estimate of drug-likeness (QED) is 0.151. The zero-order valence-corrected chi connectivity index (χ0v) is 27.0. The summed E-state index contributed by atoms with van der Waals surface area (Å²) in [4.78, 5) is 24.6. The lowest BCUT2D eigenvalue weighted by Crippen LogP contribution is -2.45. The summed E-state index contributed by atoms with van der Waals surface area (Å²) in [6.45, 7) is 9.61. The lowest BCUT2D eigenvalue weighted by molar-refractivity contribution is 0.131. The van der Waals surface area contributed by atoms with Crippen LogP contribution in [0.4, 0.5) is 29.1 Å². The average Bonchev–Trinajstić information content (AvgIpc) is 3.50. The number of nitrogens with one attached hydrogen (secondary N) is 1. The van der Waals surface area contributed by atoms with E-state index in [4.69, 9.17) is 30.0 Å².